The standard InChI is InChI=1S/C36H34/c1-23-15-17-31(27-11-7-5-8-12-27)33-21-25(3)29(35(23)33)19-20-30-26(4)22-34-32(18-16-24(2)36(30)34)28-13-9-6-10-14-28/h5-18,21-22,29-30H,19-20H2,1-4H3. The summed E-state index contributed by atoms with van der Waals surface area (Å²) in [5.41, 5.74) is 17.2. The van der Waals surface area contributed by atoms with Crippen molar-refractivity contribution in [3.05, 3.63) is 129 Å². The van der Waals surface area contributed by atoms with E-state index in [1.807, 2.05) is 0 Å². The number of hydrogen-bond acceptors (Lipinski definition) is 0. The minimum absolute atomic E-state index is 0.498. The summed E-state index contributed by atoms with van der Waals surface area (Å²) in [6, 6.07) is 31.0. The molecule has 0 spiro atoms. The van der Waals surface area contributed by atoms with Gasteiger partial charge in [-0.25, -0.2) is 0 Å². The van der Waals surface area contributed by atoms with Crippen molar-refractivity contribution in [1.29, 1.82) is 0 Å². The Morgan fingerprint density at radius 1 is 0.472 bits per heavy atom. The molecule has 0 aliphatic heterocycles. The Bertz CT molecular complexity index is 1380. The summed E-state index contributed by atoms with van der Waals surface area (Å²) < 4.78 is 0. The highest BCUT2D eigenvalue weighted by Gasteiger charge is 2.31. The van der Waals surface area contributed by atoms with Crippen molar-refractivity contribution in [3.8, 4) is 22.3 Å². The second kappa shape index (κ2) is 9.10. The van der Waals surface area contributed by atoms with Gasteiger partial charge < -0.3 is 0 Å². The molecule has 0 heterocycles. The van der Waals surface area contributed by atoms with Gasteiger partial charge in [-0.05, 0) is 96.2 Å². The first-order valence-corrected chi connectivity index (χ1v) is 13.3. The first kappa shape index (κ1) is 22.8. The highest BCUT2D eigenvalue weighted by molar-refractivity contribution is 5.84. The van der Waals surface area contributed by atoms with Crippen molar-refractivity contribution >= 4 is 12.2 Å². The lowest BCUT2D eigenvalue weighted by Gasteiger charge is -2.23. The van der Waals surface area contributed by atoms with Crippen molar-refractivity contribution < 1.29 is 0 Å². The molecule has 2 aliphatic rings. The summed E-state index contributed by atoms with van der Waals surface area (Å²) in [5.74, 6) is 0.997. The molecule has 0 N–H and O–H groups in total. The largest absolute Gasteiger partial charge is 0.0652 e. The van der Waals surface area contributed by atoms with Crippen LogP contribution in [0.15, 0.2) is 96.1 Å². The normalized spacial score (nSPS) is 18.0. The number of allylic oxidation sites excluding steroid dienone is 2. The van der Waals surface area contributed by atoms with Crippen LogP contribution < -0.4 is 0 Å². The summed E-state index contributed by atoms with van der Waals surface area (Å²) in [6.45, 7) is 9.25. The fourth-order valence-electron chi connectivity index (χ4n) is 6.65. The molecule has 0 fully saturated rings. The fourth-order valence-corrected chi connectivity index (χ4v) is 6.65. The van der Waals surface area contributed by atoms with E-state index in [0.29, 0.717) is 11.8 Å². The summed E-state index contributed by atoms with van der Waals surface area (Å²) in [7, 11) is 0. The number of hydrogen-bond donors (Lipinski definition) is 0. The van der Waals surface area contributed by atoms with Gasteiger partial charge in [0.2, 0.25) is 0 Å². The van der Waals surface area contributed by atoms with Crippen LogP contribution in [0.2, 0.25) is 0 Å². The Morgan fingerprint density at radius 2 is 0.861 bits per heavy atom. The smallest absolute Gasteiger partial charge is 0.00578 e. The van der Waals surface area contributed by atoms with Gasteiger partial charge in [-0.15, -0.1) is 0 Å². The second-order valence-corrected chi connectivity index (χ2v) is 10.7. The zero-order valence-electron chi connectivity index (χ0n) is 21.8. The minimum atomic E-state index is 0.498. The van der Waals surface area contributed by atoms with Crippen molar-refractivity contribution in [3.63, 3.8) is 0 Å². The van der Waals surface area contributed by atoms with E-state index in [1.165, 1.54) is 68.5 Å². The molecule has 2 atom stereocenters. The predicted molar refractivity (Wildman–Crippen MR) is 155 cm³/mol. The number of rotatable bonds is 5. The monoisotopic (exact) mass is 466 g/mol. The van der Waals surface area contributed by atoms with Gasteiger partial charge in [0.1, 0.15) is 0 Å². The van der Waals surface area contributed by atoms with Crippen molar-refractivity contribution in [2.45, 2.75) is 52.4 Å². The average molecular weight is 467 g/mol. The minimum Gasteiger partial charge on any atom is -0.0652 e. The Kier molecular flexibility index (Phi) is 5.76. The van der Waals surface area contributed by atoms with Gasteiger partial charge in [-0.2, -0.15) is 0 Å². The number of fused-ring (bicyclic) bond motifs is 2. The molecule has 4 aromatic carbocycles. The molecule has 2 unspecified atom stereocenters. The molecule has 178 valence electrons. The molecule has 0 radical (unpaired) electrons. The molecule has 0 aromatic heterocycles. The summed E-state index contributed by atoms with van der Waals surface area (Å²) >= 11 is 0. The first-order chi connectivity index (χ1) is 17.5. The van der Waals surface area contributed by atoms with E-state index in [2.05, 4.69) is 125 Å². The van der Waals surface area contributed by atoms with Crippen molar-refractivity contribution in [2.24, 2.45) is 0 Å². The van der Waals surface area contributed by atoms with Crippen molar-refractivity contribution in [1.82, 2.24) is 0 Å². The van der Waals surface area contributed by atoms with E-state index in [0.717, 1.165) is 0 Å². The van der Waals surface area contributed by atoms with E-state index in [4.69, 9.17) is 0 Å². The lowest BCUT2D eigenvalue weighted by molar-refractivity contribution is 0.608. The van der Waals surface area contributed by atoms with Gasteiger partial charge in [0.25, 0.3) is 0 Å². The lowest BCUT2D eigenvalue weighted by Crippen LogP contribution is -2.06. The first-order valence-electron chi connectivity index (χ1n) is 13.3. The molecule has 0 saturated heterocycles. The molecule has 36 heavy (non-hydrogen) atoms. The second-order valence-electron chi connectivity index (χ2n) is 10.7. The summed E-state index contributed by atoms with van der Waals surface area (Å²) in [4.78, 5) is 0. The van der Waals surface area contributed by atoms with Crippen molar-refractivity contribution in [2.75, 3.05) is 0 Å². The molecule has 0 bridgehead atoms. The highest BCUT2D eigenvalue weighted by atomic mass is 14.3. The maximum Gasteiger partial charge on any atom is 0.00578 e. The topological polar surface area (TPSA) is 0 Å². The number of aryl methyl sites for hydroxylation is 2. The highest BCUT2D eigenvalue weighted by Crippen LogP contribution is 2.49. The molecule has 0 heteroatoms. The average Bonchev–Trinajstić information content (AvgIpc) is 3.41. The van der Waals surface area contributed by atoms with Gasteiger partial charge >= 0.3 is 0 Å². The van der Waals surface area contributed by atoms with Crippen LogP contribution in [0.3, 0.4) is 0 Å². The van der Waals surface area contributed by atoms with Crippen LogP contribution in [0.1, 0.15) is 71.9 Å². The van der Waals surface area contributed by atoms with E-state index < -0.39 is 0 Å². The molecule has 4 aromatic rings. The SMILES string of the molecule is CC1=Cc2c(-c3ccccc3)ccc(C)c2C1CCC1C(C)=Cc2c(-c3ccccc3)ccc(C)c21. The maximum atomic E-state index is 2.46. The van der Waals surface area contributed by atoms with E-state index >= 15 is 0 Å². The quantitative estimate of drug-likeness (QED) is 0.274. The van der Waals surface area contributed by atoms with E-state index in [9.17, 15) is 0 Å². The van der Waals surface area contributed by atoms with E-state index in [1.54, 1.807) is 11.1 Å². The molecular weight excluding hydrogens is 432 g/mol. The Balaban J connectivity index is 1.33. The zero-order valence-corrected chi connectivity index (χ0v) is 21.8. The van der Waals surface area contributed by atoms with Gasteiger partial charge in [0.05, 0.1) is 0 Å². The zero-order chi connectivity index (χ0) is 24.8. The van der Waals surface area contributed by atoms with Gasteiger partial charge in [-0.3, -0.25) is 0 Å². The summed E-state index contributed by atoms with van der Waals surface area (Å²) in [5, 5.41) is 0. The van der Waals surface area contributed by atoms with Crippen LogP contribution in [0.5, 0.6) is 0 Å². The third-order valence-electron chi connectivity index (χ3n) is 8.46. The van der Waals surface area contributed by atoms with Crippen LogP contribution >= 0.6 is 0 Å². The maximum absolute atomic E-state index is 2.46. The van der Waals surface area contributed by atoms with Gasteiger partial charge in [-0.1, -0.05) is 108 Å². The lowest BCUT2D eigenvalue weighted by atomic mass is 9.81. The Morgan fingerprint density at radius 3 is 1.25 bits per heavy atom. The predicted octanol–water partition coefficient (Wildman–Crippen LogP) is 10.1. The molecule has 0 nitrogen and oxygen atoms in total. The van der Waals surface area contributed by atoms with Crippen LogP contribution in [-0.2, 0) is 0 Å². The third kappa shape index (κ3) is 3.77. The molecular formula is C36H34. The van der Waals surface area contributed by atoms with Crippen LogP contribution in [-0.4, -0.2) is 0 Å². The fraction of sp³-hybridized carbons (Fsp3) is 0.222. The number of benzene rings is 4. The van der Waals surface area contributed by atoms with Gasteiger partial charge in [0.15, 0.2) is 0 Å². The molecule has 0 amide bonds. The van der Waals surface area contributed by atoms with Gasteiger partial charge in [0, 0.05) is 11.8 Å². The molecule has 0 saturated carbocycles. The molecule has 2 aliphatic carbocycles. The Labute approximate surface area is 216 Å². The van der Waals surface area contributed by atoms with E-state index in [-0.39, 0.29) is 0 Å². The van der Waals surface area contributed by atoms with Crippen LogP contribution in [0, 0.1) is 13.8 Å². The summed E-state index contributed by atoms with van der Waals surface area (Å²) in [6.07, 6.45) is 7.27. The van der Waals surface area contributed by atoms with Crippen LogP contribution in [0.4, 0.5) is 0 Å². The molecule has 6 rings (SSSR count). The van der Waals surface area contributed by atoms with Crippen LogP contribution in [0.25, 0.3) is 34.4 Å². The third-order valence-corrected chi connectivity index (χ3v) is 8.46. The Hall–Kier alpha value is -3.64.